The highest BCUT2D eigenvalue weighted by atomic mass is 15.1. The third-order valence-electron chi connectivity index (χ3n) is 3.99. The van der Waals surface area contributed by atoms with Crippen LogP contribution in [-0.2, 0) is 0 Å². The quantitative estimate of drug-likeness (QED) is 0.859. The summed E-state index contributed by atoms with van der Waals surface area (Å²) in [6.45, 7) is 3.13. The Balaban J connectivity index is 1.72. The minimum absolute atomic E-state index is 0.662. The van der Waals surface area contributed by atoms with E-state index in [2.05, 4.69) is 52.5 Å². The van der Waals surface area contributed by atoms with E-state index in [0.717, 1.165) is 32.5 Å². The zero-order valence-electron chi connectivity index (χ0n) is 11.6. The molecular weight excluding hydrogens is 246 g/mol. The van der Waals surface area contributed by atoms with E-state index in [-0.39, 0.29) is 0 Å². The molecule has 1 aromatic carbocycles. The summed E-state index contributed by atoms with van der Waals surface area (Å²) in [6.07, 6.45) is 7.20. The largest absolute Gasteiger partial charge is 0.361 e. The number of unbranched alkanes of at least 4 members (excludes halogenated alkanes) is 1. The Bertz CT molecular complexity index is 660. The first-order chi connectivity index (χ1) is 9.88. The number of nitrogens with one attached hydrogen (secondary N) is 1. The molecule has 0 radical (unpaired) electrons. The van der Waals surface area contributed by atoms with Gasteiger partial charge in [0.2, 0.25) is 0 Å². The van der Waals surface area contributed by atoms with Gasteiger partial charge in [0.15, 0.2) is 0 Å². The predicted octanol–water partition coefficient (Wildman–Crippen LogP) is 3.56. The van der Waals surface area contributed by atoms with Crippen LogP contribution in [0.1, 0.15) is 24.8 Å². The van der Waals surface area contributed by atoms with Crippen molar-refractivity contribution in [3.05, 3.63) is 42.1 Å². The molecule has 1 aliphatic rings. The van der Waals surface area contributed by atoms with Gasteiger partial charge in [-0.1, -0.05) is 24.3 Å². The maximum absolute atomic E-state index is 8.58. The highest BCUT2D eigenvalue weighted by molar-refractivity contribution is 5.92. The minimum atomic E-state index is 0.662. The van der Waals surface area contributed by atoms with Crippen molar-refractivity contribution in [2.75, 3.05) is 19.6 Å². The summed E-state index contributed by atoms with van der Waals surface area (Å²) >= 11 is 0. The predicted molar refractivity (Wildman–Crippen MR) is 82.2 cm³/mol. The number of nitriles is 1. The van der Waals surface area contributed by atoms with Gasteiger partial charge in [0.1, 0.15) is 0 Å². The van der Waals surface area contributed by atoms with Crippen LogP contribution in [0.15, 0.2) is 36.5 Å². The molecule has 2 heterocycles. The number of fused-ring (bicyclic) bond motifs is 1. The van der Waals surface area contributed by atoms with Gasteiger partial charge in [-0.25, -0.2) is 0 Å². The monoisotopic (exact) mass is 265 g/mol. The number of para-hydroxylation sites is 1. The molecule has 0 unspecified atom stereocenters. The molecule has 20 heavy (non-hydrogen) atoms. The molecular formula is C17H19N3. The summed E-state index contributed by atoms with van der Waals surface area (Å²) in [7, 11) is 0. The normalized spacial score (nSPS) is 16.1. The number of H-pyrrole nitrogens is 1. The third kappa shape index (κ3) is 2.61. The number of rotatable bonds is 4. The summed E-state index contributed by atoms with van der Waals surface area (Å²) in [5.41, 5.74) is 4.00. The Labute approximate surface area is 119 Å². The van der Waals surface area contributed by atoms with Crippen LogP contribution in [0.5, 0.6) is 0 Å². The van der Waals surface area contributed by atoms with Gasteiger partial charge < -0.3 is 4.98 Å². The van der Waals surface area contributed by atoms with Gasteiger partial charge in [-0.2, -0.15) is 5.26 Å². The van der Waals surface area contributed by atoms with Crippen LogP contribution in [0, 0.1) is 11.3 Å². The van der Waals surface area contributed by atoms with Crippen molar-refractivity contribution in [2.45, 2.75) is 19.3 Å². The smallest absolute Gasteiger partial charge is 0.0622 e. The van der Waals surface area contributed by atoms with E-state index < -0.39 is 0 Å². The van der Waals surface area contributed by atoms with Crippen molar-refractivity contribution in [1.29, 1.82) is 5.26 Å². The first-order valence-corrected chi connectivity index (χ1v) is 7.23. The van der Waals surface area contributed by atoms with Crippen LogP contribution in [0.2, 0.25) is 0 Å². The Hall–Kier alpha value is -2.05. The number of nitrogens with zero attached hydrogens (tertiary/aromatic N) is 2. The van der Waals surface area contributed by atoms with Crippen LogP contribution < -0.4 is 0 Å². The average molecular weight is 265 g/mol. The van der Waals surface area contributed by atoms with E-state index in [0.29, 0.717) is 6.42 Å². The van der Waals surface area contributed by atoms with Gasteiger partial charge in [0, 0.05) is 42.2 Å². The second-order valence-corrected chi connectivity index (χ2v) is 5.29. The van der Waals surface area contributed by atoms with E-state index in [1.807, 2.05) is 0 Å². The molecule has 0 fully saturated rings. The molecule has 0 saturated carbocycles. The zero-order valence-corrected chi connectivity index (χ0v) is 11.6. The average Bonchev–Trinajstić information content (AvgIpc) is 2.92. The second kappa shape index (κ2) is 5.94. The maximum Gasteiger partial charge on any atom is 0.0622 e. The molecule has 0 aliphatic carbocycles. The van der Waals surface area contributed by atoms with Gasteiger partial charge in [0.05, 0.1) is 6.07 Å². The Morgan fingerprint density at radius 1 is 1.30 bits per heavy atom. The van der Waals surface area contributed by atoms with E-state index in [1.54, 1.807) is 0 Å². The molecule has 0 bridgehead atoms. The van der Waals surface area contributed by atoms with Crippen molar-refractivity contribution >= 4 is 16.5 Å². The lowest BCUT2D eigenvalue weighted by Crippen LogP contribution is -2.29. The lowest BCUT2D eigenvalue weighted by Gasteiger charge is -2.25. The summed E-state index contributed by atoms with van der Waals surface area (Å²) in [6, 6.07) is 10.7. The standard InChI is InChI=1S/C17H19N3/c18-9-3-4-10-20-11-7-14(8-12-20)16-13-19-17-6-2-1-5-15(16)17/h1-2,5-7,13,19H,3-4,8,10-12H2. The topological polar surface area (TPSA) is 42.8 Å². The molecule has 0 atom stereocenters. The number of aromatic amines is 1. The minimum Gasteiger partial charge on any atom is -0.361 e. The van der Waals surface area contributed by atoms with Crippen molar-refractivity contribution in [1.82, 2.24) is 9.88 Å². The molecule has 0 spiro atoms. The molecule has 2 aromatic rings. The first-order valence-electron chi connectivity index (χ1n) is 7.23. The number of hydrogen-bond donors (Lipinski definition) is 1. The number of hydrogen-bond acceptors (Lipinski definition) is 2. The lowest BCUT2D eigenvalue weighted by atomic mass is 9.99. The molecule has 3 rings (SSSR count). The SMILES string of the molecule is N#CCCCN1CC=C(c2c[nH]c3ccccc23)CC1. The van der Waals surface area contributed by atoms with Gasteiger partial charge >= 0.3 is 0 Å². The van der Waals surface area contributed by atoms with E-state index in [1.165, 1.54) is 22.0 Å². The van der Waals surface area contributed by atoms with E-state index in [4.69, 9.17) is 5.26 Å². The van der Waals surface area contributed by atoms with Gasteiger partial charge in [0.25, 0.3) is 0 Å². The summed E-state index contributed by atoms with van der Waals surface area (Å²) in [4.78, 5) is 5.77. The summed E-state index contributed by atoms with van der Waals surface area (Å²) in [5, 5.41) is 9.90. The third-order valence-corrected chi connectivity index (χ3v) is 3.99. The van der Waals surface area contributed by atoms with Crippen molar-refractivity contribution < 1.29 is 0 Å². The van der Waals surface area contributed by atoms with Crippen molar-refractivity contribution in [3.63, 3.8) is 0 Å². The second-order valence-electron chi connectivity index (χ2n) is 5.29. The van der Waals surface area contributed by atoms with Crippen LogP contribution >= 0.6 is 0 Å². The van der Waals surface area contributed by atoms with Gasteiger partial charge in [-0.15, -0.1) is 0 Å². The Morgan fingerprint density at radius 3 is 3.00 bits per heavy atom. The molecule has 0 saturated heterocycles. The molecule has 0 amide bonds. The van der Waals surface area contributed by atoms with Crippen LogP contribution in [0.25, 0.3) is 16.5 Å². The number of aromatic nitrogens is 1. The number of benzene rings is 1. The Kier molecular flexibility index (Phi) is 3.85. The fourth-order valence-electron chi connectivity index (χ4n) is 2.88. The fourth-order valence-corrected chi connectivity index (χ4v) is 2.88. The summed E-state index contributed by atoms with van der Waals surface area (Å²) in [5.74, 6) is 0. The van der Waals surface area contributed by atoms with E-state index in [9.17, 15) is 0 Å². The highest BCUT2D eigenvalue weighted by Gasteiger charge is 2.14. The van der Waals surface area contributed by atoms with E-state index >= 15 is 0 Å². The van der Waals surface area contributed by atoms with Crippen molar-refractivity contribution in [3.8, 4) is 6.07 Å². The summed E-state index contributed by atoms with van der Waals surface area (Å²) < 4.78 is 0. The molecule has 1 N–H and O–H groups in total. The molecule has 102 valence electrons. The molecule has 1 aromatic heterocycles. The fraction of sp³-hybridized carbons (Fsp3) is 0.353. The lowest BCUT2D eigenvalue weighted by molar-refractivity contribution is 0.299. The molecule has 3 heteroatoms. The molecule has 3 nitrogen and oxygen atoms in total. The van der Waals surface area contributed by atoms with Crippen LogP contribution in [0.4, 0.5) is 0 Å². The Morgan fingerprint density at radius 2 is 2.20 bits per heavy atom. The van der Waals surface area contributed by atoms with Crippen molar-refractivity contribution in [2.24, 2.45) is 0 Å². The van der Waals surface area contributed by atoms with Crippen LogP contribution in [0.3, 0.4) is 0 Å². The van der Waals surface area contributed by atoms with Gasteiger partial charge in [-0.3, -0.25) is 4.90 Å². The zero-order chi connectivity index (χ0) is 13.8. The first kappa shape index (κ1) is 13.0. The van der Waals surface area contributed by atoms with Crippen LogP contribution in [-0.4, -0.2) is 29.5 Å². The van der Waals surface area contributed by atoms with Gasteiger partial charge in [-0.05, 0) is 31.0 Å². The maximum atomic E-state index is 8.58. The molecule has 1 aliphatic heterocycles. The highest BCUT2D eigenvalue weighted by Crippen LogP contribution is 2.29.